The summed E-state index contributed by atoms with van der Waals surface area (Å²) in [4.78, 5) is 4.45. The van der Waals surface area contributed by atoms with E-state index >= 15 is 0 Å². The number of aromatic nitrogens is 2. The highest BCUT2D eigenvalue weighted by atomic mass is 16.5. The van der Waals surface area contributed by atoms with Crippen molar-refractivity contribution < 1.29 is 14.0 Å². The Morgan fingerprint density at radius 3 is 3.06 bits per heavy atom. The van der Waals surface area contributed by atoms with Crippen LogP contribution in [0.2, 0.25) is 0 Å². The highest BCUT2D eigenvalue weighted by Crippen LogP contribution is 2.42. The Labute approximate surface area is 106 Å². The van der Waals surface area contributed by atoms with Gasteiger partial charge in [-0.05, 0) is 25.7 Å². The molecule has 1 saturated carbocycles. The van der Waals surface area contributed by atoms with E-state index in [9.17, 15) is 0 Å². The molecule has 1 saturated heterocycles. The van der Waals surface area contributed by atoms with Crippen LogP contribution >= 0.6 is 0 Å². The largest absolute Gasteiger partial charge is 0.370 e. The minimum Gasteiger partial charge on any atom is -0.370 e. The van der Waals surface area contributed by atoms with Crippen molar-refractivity contribution in [3.05, 3.63) is 11.7 Å². The van der Waals surface area contributed by atoms with Crippen LogP contribution in [0.15, 0.2) is 4.52 Å². The molecule has 0 bridgehead atoms. The molecule has 1 aliphatic heterocycles. The fourth-order valence-corrected chi connectivity index (χ4v) is 2.22. The van der Waals surface area contributed by atoms with E-state index in [1.165, 1.54) is 12.8 Å². The van der Waals surface area contributed by atoms with E-state index in [1.807, 2.05) is 6.92 Å². The topological polar surface area (TPSA) is 69.4 Å². The Morgan fingerprint density at radius 1 is 1.50 bits per heavy atom. The van der Waals surface area contributed by atoms with Crippen molar-refractivity contribution in [3.63, 3.8) is 0 Å². The number of ether oxygens (including phenoxy) is 2. The van der Waals surface area contributed by atoms with E-state index in [-0.39, 0.29) is 12.2 Å². The number of nitrogens with zero attached hydrogens (tertiary/aromatic N) is 2. The van der Waals surface area contributed by atoms with E-state index in [0.29, 0.717) is 30.8 Å². The van der Waals surface area contributed by atoms with Crippen LogP contribution in [0.1, 0.15) is 43.7 Å². The lowest BCUT2D eigenvalue weighted by Crippen LogP contribution is -2.33. The third-order valence-corrected chi connectivity index (χ3v) is 3.31. The van der Waals surface area contributed by atoms with Crippen LogP contribution in [-0.2, 0) is 9.47 Å². The van der Waals surface area contributed by atoms with Gasteiger partial charge in [-0.3, -0.25) is 0 Å². The minimum absolute atomic E-state index is 0.0101. The second-order valence-electron chi connectivity index (χ2n) is 4.77. The molecule has 2 fully saturated rings. The molecule has 18 heavy (non-hydrogen) atoms. The summed E-state index contributed by atoms with van der Waals surface area (Å²) in [5.41, 5.74) is 0. The zero-order valence-electron chi connectivity index (χ0n) is 10.6. The van der Waals surface area contributed by atoms with Crippen LogP contribution in [0.25, 0.3) is 0 Å². The van der Waals surface area contributed by atoms with E-state index in [1.54, 1.807) is 0 Å². The Kier molecular flexibility index (Phi) is 3.58. The quantitative estimate of drug-likeness (QED) is 0.850. The number of nitrogens with one attached hydrogen (secondary N) is 1. The van der Waals surface area contributed by atoms with Crippen LogP contribution in [-0.4, -0.2) is 36.4 Å². The Morgan fingerprint density at radius 2 is 2.39 bits per heavy atom. The molecule has 6 nitrogen and oxygen atoms in total. The molecule has 2 heterocycles. The molecule has 0 spiro atoms. The Hall–Kier alpha value is -0.980. The summed E-state index contributed by atoms with van der Waals surface area (Å²) in [5, 5.41) is 7.30. The van der Waals surface area contributed by atoms with Crippen LogP contribution in [0.3, 0.4) is 0 Å². The fourth-order valence-electron chi connectivity index (χ4n) is 2.22. The van der Waals surface area contributed by atoms with Gasteiger partial charge in [0.1, 0.15) is 12.2 Å². The molecule has 1 N–H and O–H groups in total. The van der Waals surface area contributed by atoms with Gasteiger partial charge in [0.2, 0.25) is 5.82 Å². The zero-order valence-corrected chi connectivity index (χ0v) is 10.6. The van der Waals surface area contributed by atoms with Gasteiger partial charge in [0.05, 0.1) is 6.61 Å². The summed E-state index contributed by atoms with van der Waals surface area (Å²) in [6.07, 6.45) is 2.25. The van der Waals surface area contributed by atoms with Crippen LogP contribution in [0.4, 0.5) is 0 Å². The number of hydrogen-bond acceptors (Lipinski definition) is 6. The van der Waals surface area contributed by atoms with Crippen molar-refractivity contribution in [2.75, 3.05) is 26.3 Å². The van der Waals surface area contributed by atoms with Crippen molar-refractivity contribution >= 4 is 0 Å². The van der Waals surface area contributed by atoms with Gasteiger partial charge in [-0.25, -0.2) is 0 Å². The molecule has 2 atom stereocenters. The maximum absolute atomic E-state index is 5.71. The molecule has 1 aromatic rings. The summed E-state index contributed by atoms with van der Waals surface area (Å²) >= 11 is 0. The molecule has 0 radical (unpaired) electrons. The van der Waals surface area contributed by atoms with Crippen molar-refractivity contribution in [2.24, 2.45) is 5.92 Å². The highest BCUT2D eigenvalue weighted by Gasteiger charge is 2.36. The molecule has 2 aliphatic rings. The van der Waals surface area contributed by atoms with Gasteiger partial charge in [0.25, 0.3) is 5.89 Å². The average molecular weight is 253 g/mol. The normalized spacial score (nSPS) is 26.2. The Balaban J connectivity index is 1.70. The lowest BCUT2D eigenvalue weighted by Gasteiger charge is -2.20. The number of hydrogen-bond donors (Lipinski definition) is 1. The average Bonchev–Trinajstić information content (AvgIpc) is 3.14. The van der Waals surface area contributed by atoms with Gasteiger partial charge in [0, 0.05) is 19.7 Å². The van der Waals surface area contributed by atoms with Gasteiger partial charge in [-0.15, -0.1) is 0 Å². The van der Waals surface area contributed by atoms with Crippen molar-refractivity contribution in [3.8, 4) is 0 Å². The van der Waals surface area contributed by atoms with Crippen molar-refractivity contribution in [2.45, 2.75) is 32.0 Å². The smallest absolute Gasteiger partial charge is 0.257 e. The zero-order chi connectivity index (χ0) is 12.4. The van der Waals surface area contributed by atoms with E-state index < -0.39 is 0 Å². The molecule has 2 unspecified atom stereocenters. The first-order valence-corrected chi connectivity index (χ1v) is 6.66. The first-order valence-electron chi connectivity index (χ1n) is 6.66. The fraction of sp³-hybridized carbons (Fsp3) is 0.833. The van der Waals surface area contributed by atoms with Gasteiger partial charge >= 0.3 is 0 Å². The molecular formula is C12H19N3O3. The SMILES string of the molecule is CCOC(c1noc(C2CNCCO2)n1)C1CC1. The second kappa shape index (κ2) is 5.34. The molecule has 0 amide bonds. The molecular weight excluding hydrogens is 234 g/mol. The van der Waals surface area contributed by atoms with Crippen molar-refractivity contribution in [1.29, 1.82) is 0 Å². The van der Waals surface area contributed by atoms with Gasteiger partial charge in [-0.1, -0.05) is 5.16 Å². The van der Waals surface area contributed by atoms with Gasteiger partial charge in [-0.2, -0.15) is 4.98 Å². The third-order valence-electron chi connectivity index (χ3n) is 3.31. The first-order chi connectivity index (χ1) is 8.88. The molecule has 1 aliphatic carbocycles. The predicted molar refractivity (Wildman–Crippen MR) is 63.0 cm³/mol. The lowest BCUT2D eigenvalue weighted by atomic mass is 10.2. The first kappa shape index (κ1) is 12.1. The molecule has 3 rings (SSSR count). The second-order valence-corrected chi connectivity index (χ2v) is 4.77. The summed E-state index contributed by atoms with van der Waals surface area (Å²) in [6, 6.07) is 0. The molecule has 6 heteroatoms. The Bertz CT molecular complexity index is 386. The predicted octanol–water partition coefficient (Wildman–Crippen LogP) is 1.22. The monoisotopic (exact) mass is 253 g/mol. The van der Waals surface area contributed by atoms with Crippen LogP contribution < -0.4 is 5.32 Å². The highest BCUT2D eigenvalue weighted by molar-refractivity contribution is 5.00. The van der Waals surface area contributed by atoms with Crippen LogP contribution in [0.5, 0.6) is 0 Å². The summed E-state index contributed by atoms with van der Waals surface area (Å²) < 4.78 is 16.6. The number of rotatable bonds is 5. The maximum Gasteiger partial charge on any atom is 0.257 e. The standard InChI is InChI=1S/C12H19N3O3/c1-2-16-10(8-3-4-8)11-14-12(18-15-11)9-7-13-5-6-17-9/h8-10,13H,2-7H2,1H3. The summed E-state index contributed by atoms with van der Waals surface area (Å²) in [6.45, 7) is 4.95. The third kappa shape index (κ3) is 2.55. The summed E-state index contributed by atoms with van der Waals surface area (Å²) in [5.74, 6) is 1.78. The number of morpholine rings is 1. The molecule has 0 aromatic carbocycles. The van der Waals surface area contributed by atoms with Gasteiger partial charge in [0.15, 0.2) is 0 Å². The summed E-state index contributed by atoms with van der Waals surface area (Å²) in [7, 11) is 0. The van der Waals surface area contributed by atoms with E-state index in [4.69, 9.17) is 14.0 Å². The van der Waals surface area contributed by atoms with Gasteiger partial charge < -0.3 is 19.3 Å². The van der Waals surface area contributed by atoms with E-state index in [2.05, 4.69) is 15.5 Å². The van der Waals surface area contributed by atoms with E-state index in [0.717, 1.165) is 13.1 Å². The molecule has 100 valence electrons. The van der Waals surface area contributed by atoms with Crippen LogP contribution in [0, 0.1) is 5.92 Å². The maximum atomic E-state index is 5.71. The van der Waals surface area contributed by atoms with Crippen molar-refractivity contribution in [1.82, 2.24) is 15.5 Å². The molecule has 1 aromatic heterocycles. The lowest BCUT2D eigenvalue weighted by molar-refractivity contribution is 0.00754. The minimum atomic E-state index is -0.124.